The average Bonchev–Trinajstić information content (AvgIpc) is 2.29. The lowest BCUT2D eigenvalue weighted by Crippen LogP contribution is -2.44. The molecule has 1 atom stereocenters. The van der Waals surface area contributed by atoms with Gasteiger partial charge in [0.1, 0.15) is 5.82 Å². The van der Waals surface area contributed by atoms with Gasteiger partial charge in [-0.1, -0.05) is 29.8 Å². The van der Waals surface area contributed by atoms with E-state index in [9.17, 15) is 9.18 Å². The molecule has 5 heteroatoms. The Hall–Kier alpha value is -0.940. The van der Waals surface area contributed by atoms with Gasteiger partial charge >= 0.3 is 0 Å². The van der Waals surface area contributed by atoms with Crippen LogP contribution in [0.25, 0.3) is 0 Å². The quantitative estimate of drug-likeness (QED) is 0.895. The van der Waals surface area contributed by atoms with Crippen LogP contribution in [0.3, 0.4) is 0 Å². The minimum atomic E-state index is -0.562. The van der Waals surface area contributed by atoms with Crippen molar-refractivity contribution in [1.29, 1.82) is 0 Å². The molecule has 0 radical (unpaired) electrons. The molecule has 1 rings (SSSR count). The largest absolute Gasteiger partial charge is 0.354 e. The third-order valence-corrected chi connectivity index (χ3v) is 3.27. The van der Waals surface area contributed by atoms with Crippen LogP contribution in [0.15, 0.2) is 22.7 Å². The summed E-state index contributed by atoms with van der Waals surface area (Å²) in [5.74, 6) is -0.517. The summed E-state index contributed by atoms with van der Waals surface area (Å²) in [6.07, 6.45) is 0. The van der Waals surface area contributed by atoms with Crippen molar-refractivity contribution in [1.82, 2.24) is 5.32 Å². The monoisotopic (exact) mass is 316 g/mol. The highest BCUT2D eigenvalue weighted by Crippen LogP contribution is 2.27. The van der Waals surface area contributed by atoms with Crippen molar-refractivity contribution in [3.8, 4) is 0 Å². The molecule has 0 saturated heterocycles. The molecule has 0 aromatic heterocycles. The summed E-state index contributed by atoms with van der Waals surface area (Å²) in [7, 11) is 0. The standard InChI is InChI=1S/C13H18BrFN2O/c1-8(16)12(18)17-7-13(2,3)10-6-9(14)4-5-11(10)15/h4-6,8H,7,16H2,1-3H3,(H,17,18). The maximum Gasteiger partial charge on any atom is 0.236 e. The molecule has 0 aliphatic rings. The molecule has 18 heavy (non-hydrogen) atoms. The summed E-state index contributed by atoms with van der Waals surface area (Å²) in [6, 6.07) is 4.23. The zero-order chi connectivity index (χ0) is 13.9. The van der Waals surface area contributed by atoms with E-state index in [1.165, 1.54) is 6.07 Å². The van der Waals surface area contributed by atoms with Gasteiger partial charge in [0.2, 0.25) is 5.91 Å². The minimum Gasteiger partial charge on any atom is -0.354 e. The molecule has 0 heterocycles. The van der Waals surface area contributed by atoms with Crippen LogP contribution >= 0.6 is 15.9 Å². The Balaban J connectivity index is 2.85. The van der Waals surface area contributed by atoms with Crippen molar-refractivity contribution in [3.63, 3.8) is 0 Å². The first-order valence-electron chi connectivity index (χ1n) is 5.73. The SMILES string of the molecule is CC(N)C(=O)NCC(C)(C)c1cc(Br)ccc1F. The number of benzene rings is 1. The Bertz CT molecular complexity index is 447. The zero-order valence-electron chi connectivity index (χ0n) is 10.8. The first-order chi connectivity index (χ1) is 8.24. The van der Waals surface area contributed by atoms with E-state index in [1.54, 1.807) is 19.1 Å². The lowest BCUT2D eigenvalue weighted by molar-refractivity contribution is -0.122. The third-order valence-electron chi connectivity index (χ3n) is 2.78. The molecule has 0 fully saturated rings. The predicted octanol–water partition coefficient (Wildman–Crippen LogP) is 2.33. The van der Waals surface area contributed by atoms with Crippen LogP contribution in [0, 0.1) is 5.82 Å². The lowest BCUT2D eigenvalue weighted by Gasteiger charge is -2.26. The van der Waals surface area contributed by atoms with Crippen LogP contribution in [-0.4, -0.2) is 18.5 Å². The molecular formula is C13H18BrFN2O. The molecule has 1 unspecified atom stereocenters. The summed E-state index contributed by atoms with van der Waals surface area (Å²) >= 11 is 3.32. The van der Waals surface area contributed by atoms with Crippen LogP contribution in [0.1, 0.15) is 26.3 Å². The van der Waals surface area contributed by atoms with E-state index in [-0.39, 0.29) is 11.7 Å². The van der Waals surface area contributed by atoms with Crippen LogP contribution in [0.4, 0.5) is 4.39 Å². The van der Waals surface area contributed by atoms with Crippen LogP contribution in [-0.2, 0) is 10.2 Å². The Kier molecular flexibility index (Phi) is 4.87. The Morgan fingerprint density at radius 3 is 2.72 bits per heavy atom. The molecule has 1 amide bonds. The highest BCUT2D eigenvalue weighted by atomic mass is 79.9. The number of amides is 1. The number of hydrogen-bond acceptors (Lipinski definition) is 2. The van der Waals surface area contributed by atoms with Gasteiger partial charge in [-0.25, -0.2) is 4.39 Å². The van der Waals surface area contributed by atoms with Gasteiger partial charge in [-0.2, -0.15) is 0 Å². The van der Waals surface area contributed by atoms with Gasteiger partial charge < -0.3 is 11.1 Å². The molecule has 0 saturated carbocycles. The van der Waals surface area contributed by atoms with Crippen LogP contribution in [0.5, 0.6) is 0 Å². The highest BCUT2D eigenvalue weighted by Gasteiger charge is 2.25. The first-order valence-corrected chi connectivity index (χ1v) is 6.52. The number of hydrogen-bond donors (Lipinski definition) is 2. The molecule has 3 N–H and O–H groups in total. The van der Waals surface area contributed by atoms with E-state index < -0.39 is 11.5 Å². The molecule has 0 aliphatic heterocycles. The fourth-order valence-corrected chi connectivity index (χ4v) is 1.94. The first kappa shape index (κ1) is 15.1. The smallest absolute Gasteiger partial charge is 0.236 e. The minimum absolute atomic E-state index is 0.238. The van der Waals surface area contributed by atoms with Gasteiger partial charge in [-0.15, -0.1) is 0 Å². The number of halogens is 2. The third kappa shape index (κ3) is 3.78. The number of nitrogens with one attached hydrogen (secondary N) is 1. The Labute approximate surface area is 115 Å². The number of carbonyl (C=O) groups excluding carboxylic acids is 1. The number of carbonyl (C=O) groups is 1. The van der Waals surface area contributed by atoms with Gasteiger partial charge in [-0.3, -0.25) is 4.79 Å². The van der Waals surface area contributed by atoms with Gasteiger partial charge in [-0.05, 0) is 30.7 Å². The maximum absolute atomic E-state index is 13.8. The molecule has 100 valence electrons. The molecule has 3 nitrogen and oxygen atoms in total. The lowest BCUT2D eigenvalue weighted by atomic mass is 9.84. The molecule has 0 bridgehead atoms. The fourth-order valence-electron chi connectivity index (χ4n) is 1.58. The Morgan fingerprint density at radius 2 is 2.17 bits per heavy atom. The predicted molar refractivity (Wildman–Crippen MR) is 73.8 cm³/mol. The zero-order valence-corrected chi connectivity index (χ0v) is 12.3. The summed E-state index contributed by atoms with van der Waals surface area (Å²) in [5, 5.41) is 2.72. The maximum atomic E-state index is 13.8. The molecule has 1 aromatic rings. The summed E-state index contributed by atoms with van der Waals surface area (Å²) in [5.41, 5.74) is 5.52. The van der Waals surface area contributed by atoms with Gasteiger partial charge in [0.15, 0.2) is 0 Å². The normalized spacial score (nSPS) is 13.2. The highest BCUT2D eigenvalue weighted by molar-refractivity contribution is 9.10. The van der Waals surface area contributed by atoms with Crippen molar-refractivity contribution in [2.24, 2.45) is 5.73 Å². The second kappa shape index (κ2) is 5.80. The van der Waals surface area contributed by atoms with Crippen molar-refractivity contribution in [2.75, 3.05) is 6.54 Å². The van der Waals surface area contributed by atoms with E-state index in [0.717, 1.165) is 4.47 Å². The Morgan fingerprint density at radius 1 is 1.56 bits per heavy atom. The fraction of sp³-hybridized carbons (Fsp3) is 0.462. The topological polar surface area (TPSA) is 55.1 Å². The average molecular weight is 317 g/mol. The summed E-state index contributed by atoms with van der Waals surface area (Å²) < 4.78 is 14.6. The van der Waals surface area contributed by atoms with Crippen LogP contribution in [0.2, 0.25) is 0 Å². The van der Waals surface area contributed by atoms with Gasteiger partial charge in [0.25, 0.3) is 0 Å². The van der Waals surface area contributed by atoms with E-state index in [4.69, 9.17) is 5.73 Å². The van der Waals surface area contributed by atoms with Gasteiger partial charge in [0.05, 0.1) is 6.04 Å². The second-order valence-electron chi connectivity index (χ2n) is 5.01. The van der Waals surface area contributed by atoms with Crippen LogP contribution < -0.4 is 11.1 Å². The van der Waals surface area contributed by atoms with Crippen molar-refractivity contribution in [2.45, 2.75) is 32.2 Å². The van der Waals surface area contributed by atoms with Crippen molar-refractivity contribution in [3.05, 3.63) is 34.1 Å². The van der Waals surface area contributed by atoms with E-state index in [2.05, 4.69) is 21.2 Å². The van der Waals surface area contributed by atoms with E-state index in [1.807, 2.05) is 13.8 Å². The molecular weight excluding hydrogens is 299 g/mol. The molecule has 0 aliphatic carbocycles. The second-order valence-corrected chi connectivity index (χ2v) is 5.93. The van der Waals surface area contributed by atoms with E-state index >= 15 is 0 Å². The van der Waals surface area contributed by atoms with Gasteiger partial charge in [0, 0.05) is 16.4 Å². The summed E-state index contributed by atoms with van der Waals surface area (Å²) in [4.78, 5) is 11.4. The molecule has 0 spiro atoms. The summed E-state index contributed by atoms with van der Waals surface area (Å²) in [6.45, 7) is 5.70. The number of rotatable bonds is 4. The van der Waals surface area contributed by atoms with E-state index in [0.29, 0.717) is 12.1 Å². The van der Waals surface area contributed by atoms with Crippen molar-refractivity contribution >= 4 is 21.8 Å². The van der Waals surface area contributed by atoms with Crippen molar-refractivity contribution < 1.29 is 9.18 Å². The molecule has 1 aromatic carbocycles. The number of nitrogens with two attached hydrogens (primary N) is 1.